The van der Waals surface area contributed by atoms with Gasteiger partial charge in [0.2, 0.25) is 0 Å². The van der Waals surface area contributed by atoms with Gasteiger partial charge >= 0.3 is 0 Å². The molecule has 2 rings (SSSR count). The predicted molar refractivity (Wildman–Crippen MR) is 66.5 cm³/mol. The highest BCUT2D eigenvalue weighted by Gasteiger charge is 2.12. The third-order valence-corrected chi connectivity index (χ3v) is 2.77. The molecule has 0 aliphatic rings. The molecule has 0 aliphatic carbocycles. The van der Waals surface area contributed by atoms with Crippen LogP contribution < -0.4 is 5.32 Å². The van der Waals surface area contributed by atoms with Crippen molar-refractivity contribution in [2.45, 2.75) is 26.3 Å². The van der Waals surface area contributed by atoms with Crippen LogP contribution in [0.2, 0.25) is 0 Å². The number of rotatable bonds is 4. The number of furan rings is 1. The number of hydrogen-bond acceptors (Lipinski definition) is 2. The second-order valence-corrected chi connectivity index (χ2v) is 3.94. The number of aryl methyl sites for hydroxylation is 1. The third-order valence-electron chi connectivity index (χ3n) is 2.77. The molecule has 2 aromatic rings. The van der Waals surface area contributed by atoms with E-state index < -0.39 is 0 Å². The van der Waals surface area contributed by atoms with Gasteiger partial charge in [-0.25, -0.2) is 0 Å². The highest BCUT2D eigenvalue weighted by atomic mass is 16.3. The Labute approximate surface area is 96.3 Å². The Kier molecular flexibility index (Phi) is 3.30. The van der Waals surface area contributed by atoms with Gasteiger partial charge in [-0.2, -0.15) is 0 Å². The van der Waals surface area contributed by atoms with E-state index in [0.717, 1.165) is 12.2 Å². The van der Waals surface area contributed by atoms with E-state index in [1.54, 1.807) is 6.26 Å². The second kappa shape index (κ2) is 4.88. The van der Waals surface area contributed by atoms with Crippen LogP contribution in [0.3, 0.4) is 0 Å². The minimum atomic E-state index is 0.246. The van der Waals surface area contributed by atoms with Crippen molar-refractivity contribution in [1.29, 1.82) is 0 Å². The first-order chi connectivity index (χ1) is 7.81. The molecule has 1 heterocycles. The SMILES string of the molecule is CCC(Nc1ccccc1C)c1ccco1. The lowest BCUT2D eigenvalue weighted by atomic mass is 10.1. The van der Waals surface area contributed by atoms with E-state index in [2.05, 4.69) is 31.3 Å². The van der Waals surface area contributed by atoms with Crippen LogP contribution in [-0.2, 0) is 0 Å². The van der Waals surface area contributed by atoms with Gasteiger partial charge in [0.1, 0.15) is 5.76 Å². The summed E-state index contributed by atoms with van der Waals surface area (Å²) in [4.78, 5) is 0. The fourth-order valence-electron chi connectivity index (χ4n) is 1.79. The van der Waals surface area contributed by atoms with E-state index in [4.69, 9.17) is 4.42 Å². The Balaban J connectivity index is 2.17. The third kappa shape index (κ3) is 2.27. The zero-order valence-electron chi connectivity index (χ0n) is 9.73. The van der Waals surface area contributed by atoms with Crippen LogP contribution in [-0.4, -0.2) is 0 Å². The average molecular weight is 215 g/mol. The lowest BCUT2D eigenvalue weighted by Gasteiger charge is -2.17. The number of para-hydroxylation sites is 1. The molecule has 1 aromatic carbocycles. The normalized spacial score (nSPS) is 12.4. The summed E-state index contributed by atoms with van der Waals surface area (Å²) >= 11 is 0. The Hall–Kier alpha value is -1.70. The van der Waals surface area contributed by atoms with Crippen LogP contribution in [0.1, 0.15) is 30.7 Å². The molecular weight excluding hydrogens is 198 g/mol. The van der Waals surface area contributed by atoms with Crippen LogP contribution in [0.5, 0.6) is 0 Å². The standard InChI is InChI=1S/C14H17NO/c1-3-12(14-9-6-10-16-14)15-13-8-5-4-7-11(13)2/h4-10,12,15H,3H2,1-2H3. The van der Waals surface area contributed by atoms with E-state index in [1.807, 2.05) is 24.3 Å². The topological polar surface area (TPSA) is 25.2 Å². The van der Waals surface area contributed by atoms with Gasteiger partial charge in [0.05, 0.1) is 12.3 Å². The first-order valence-electron chi connectivity index (χ1n) is 5.67. The number of nitrogens with one attached hydrogen (secondary N) is 1. The predicted octanol–water partition coefficient (Wildman–Crippen LogP) is 4.15. The minimum absolute atomic E-state index is 0.246. The van der Waals surface area contributed by atoms with Crippen LogP contribution in [0.25, 0.3) is 0 Å². The van der Waals surface area contributed by atoms with Gasteiger partial charge in [0.25, 0.3) is 0 Å². The number of benzene rings is 1. The van der Waals surface area contributed by atoms with Crippen molar-refractivity contribution in [2.24, 2.45) is 0 Å². The lowest BCUT2D eigenvalue weighted by Crippen LogP contribution is -2.09. The van der Waals surface area contributed by atoms with E-state index in [0.29, 0.717) is 0 Å². The zero-order chi connectivity index (χ0) is 11.4. The van der Waals surface area contributed by atoms with Crippen LogP contribution >= 0.6 is 0 Å². The average Bonchev–Trinajstić information content (AvgIpc) is 2.81. The first kappa shape index (κ1) is 10.8. The Morgan fingerprint density at radius 1 is 1.19 bits per heavy atom. The molecule has 2 nitrogen and oxygen atoms in total. The molecule has 1 aromatic heterocycles. The molecule has 0 bridgehead atoms. The Morgan fingerprint density at radius 2 is 2.00 bits per heavy atom. The summed E-state index contributed by atoms with van der Waals surface area (Å²) in [6.45, 7) is 4.26. The molecule has 1 N–H and O–H groups in total. The molecule has 0 saturated heterocycles. The van der Waals surface area contributed by atoms with Crippen molar-refractivity contribution in [2.75, 3.05) is 5.32 Å². The quantitative estimate of drug-likeness (QED) is 0.828. The molecule has 0 amide bonds. The second-order valence-electron chi connectivity index (χ2n) is 3.94. The summed E-state index contributed by atoms with van der Waals surface area (Å²) in [5.41, 5.74) is 2.43. The van der Waals surface area contributed by atoms with Crippen LogP contribution in [0.15, 0.2) is 47.1 Å². The van der Waals surface area contributed by atoms with Gasteiger partial charge in [-0.15, -0.1) is 0 Å². The molecule has 16 heavy (non-hydrogen) atoms. The Morgan fingerprint density at radius 3 is 2.62 bits per heavy atom. The molecule has 0 saturated carbocycles. The summed E-state index contributed by atoms with van der Waals surface area (Å²) < 4.78 is 5.44. The van der Waals surface area contributed by atoms with Gasteiger partial charge in [0, 0.05) is 5.69 Å². The van der Waals surface area contributed by atoms with E-state index >= 15 is 0 Å². The summed E-state index contributed by atoms with van der Waals surface area (Å²) in [6, 6.07) is 12.5. The van der Waals surface area contributed by atoms with Gasteiger partial charge in [-0.05, 0) is 37.1 Å². The first-order valence-corrected chi connectivity index (χ1v) is 5.67. The van der Waals surface area contributed by atoms with Gasteiger partial charge in [0.15, 0.2) is 0 Å². The van der Waals surface area contributed by atoms with Crippen LogP contribution in [0.4, 0.5) is 5.69 Å². The van der Waals surface area contributed by atoms with E-state index in [1.165, 1.54) is 11.3 Å². The molecule has 1 unspecified atom stereocenters. The van der Waals surface area contributed by atoms with Crippen molar-refractivity contribution in [3.8, 4) is 0 Å². The molecule has 0 fully saturated rings. The Bertz CT molecular complexity index is 434. The molecule has 0 spiro atoms. The highest BCUT2D eigenvalue weighted by Crippen LogP contribution is 2.24. The van der Waals surface area contributed by atoms with E-state index in [-0.39, 0.29) is 6.04 Å². The van der Waals surface area contributed by atoms with Crippen molar-refractivity contribution in [1.82, 2.24) is 0 Å². The van der Waals surface area contributed by atoms with Gasteiger partial charge in [-0.3, -0.25) is 0 Å². The molecule has 84 valence electrons. The van der Waals surface area contributed by atoms with Crippen molar-refractivity contribution >= 4 is 5.69 Å². The fraction of sp³-hybridized carbons (Fsp3) is 0.286. The van der Waals surface area contributed by atoms with Crippen molar-refractivity contribution in [3.05, 3.63) is 54.0 Å². The molecular formula is C14H17NO. The maximum atomic E-state index is 5.44. The van der Waals surface area contributed by atoms with Crippen molar-refractivity contribution < 1.29 is 4.42 Å². The molecule has 1 atom stereocenters. The lowest BCUT2D eigenvalue weighted by molar-refractivity contribution is 0.474. The summed E-state index contributed by atoms with van der Waals surface area (Å²) in [5, 5.41) is 3.51. The number of anilines is 1. The maximum absolute atomic E-state index is 5.44. The summed E-state index contributed by atoms with van der Waals surface area (Å²) in [6.07, 6.45) is 2.72. The zero-order valence-corrected chi connectivity index (χ0v) is 9.73. The molecule has 2 heteroatoms. The fourth-order valence-corrected chi connectivity index (χ4v) is 1.79. The largest absolute Gasteiger partial charge is 0.467 e. The van der Waals surface area contributed by atoms with Crippen molar-refractivity contribution in [3.63, 3.8) is 0 Å². The number of hydrogen-bond donors (Lipinski definition) is 1. The molecule has 0 radical (unpaired) electrons. The highest BCUT2D eigenvalue weighted by molar-refractivity contribution is 5.51. The maximum Gasteiger partial charge on any atom is 0.125 e. The monoisotopic (exact) mass is 215 g/mol. The summed E-state index contributed by atoms with van der Waals surface area (Å²) in [5.74, 6) is 0.991. The minimum Gasteiger partial charge on any atom is -0.467 e. The van der Waals surface area contributed by atoms with Gasteiger partial charge in [-0.1, -0.05) is 25.1 Å². The van der Waals surface area contributed by atoms with Crippen LogP contribution in [0, 0.1) is 6.92 Å². The van der Waals surface area contributed by atoms with Gasteiger partial charge < -0.3 is 9.73 Å². The summed E-state index contributed by atoms with van der Waals surface area (Å²) in [7, 11) is 0. The molecule has 0 aliphatic heterocycles. The smallest absolute Gasteiger partial charge is 0.125 e. The van der Waals surface area contributed by atoms with E-state index in [9.17, 15) is 0 Å².